The summed E-state index contributed by atoms with van der Waals surface area (Å²) in [5.74, 6) is -1.26. The van der Waals surface area contributed by atoms with E-state index in [1.54, 1.807) is 49.4 Å². The molecule has 2 N–H and O–H groups in total. The molecule has 0 unspecified atom stereocenters. The molecule has 0 radical (unpaired) electrons. The van der Waals surface area contributed by atoms with Crippen molar-refractivity contribution in [3.63, 3.8) is 0 Å². The number of aromatic carboxylic acids is 1. The molecule has 10 heteroatoms. The van der Waals surface area contributed by atoms with Crippen LogP contribution in [0.25, 0.3) is 0 Å². The smallest absolute Gasteiger partial charge is 0.336 e. The molecular formula is C25H25N3O6S. The molecule has 0 saturated heterocycles. The fourth-order valence-electron chi connectivity index (χ4n) is 3.35. The van der Waals surface area contributed by atoms with Crippen molar-refractivity contribution in [1.29, 1.82) is 0 Å². The molecule has 0 aromatic heterocycles. The zero-order valence-electron chi connectivity index (χ0n) is 19.2. The Balaban J connectivity index is 1.83. The molecule has 9 nitrogen and oxygen atoms in total. The van der Waals surface area contributed by atoms with Crippen LogP contribution in [0.2, 0.25) is 0 Å². The summed E-state index contributed by atoms with van der Waals surface area (Å²) in [4.78, 5) is 24.0. The van der Waals surface area contributed by atoms with Crippen LogP contribution in [-0.2, 0) is 21.4 Å². The van der Waals surface area contributed by atoms with Gasteiger partial charge in [0.15, 0.2) is 0 Å². The number of carboxylic acids is 1. The Kier molecular flexibility index (Phi) is 8.34. The van der Waals surface area contributed by atoms with Crippen LogP contribution in [0.1, 0.15) is 27.0 Å². The lowest BCUT2D eigenvalue weighted by molar-refractivity contribution is -0.121. The number of amides is 1. The highest BCUT2D eigenvalue weighted by Gasteiger charge is 2.27. The van der Waals surface area contributed by atoms with Gasteiger partial charge in [-0.25, -0.2) is 18.6 Å². The highest BCUT2D eigenvalue weighted by molar-refractivity contribution is 7.89. The Morgan fingerprint density at radius 2 is 1.74 bits per heavy atom. The fraction of sp³-hybridized carbons (Fsp3) is 0.160. The lowest BCUT2D eigenvalue weighted by Crippen LogP contribution is -2.39. The van der Waals surface area contributed by atoms with Crippen LogP contribution in [-0.4, -0.2) is 49.6 Å². The molecule has 0 bridgehead atoms. The summed E-state index contributed by atoms with van der Waals surface area (Å²) in [5, 5.41) is 13.1. The standard InChI is InChI=1S/C25H25N3O6S/c1-18-14-21(12-13-23(18)34-2)35(32,33)28(16-19-8-4-3-5-9-19)17-24(29)27-26-15-20-10-6-7-11-22(20)25(30)31/h3-15H,16-17H2,1-2H3,(H,27,29)(H,30,31)/b26-15+. The molecule has 0 saturated carbocycles. The summed E-state index contributed by atoms with van der Waals surface area (Å²) in [6.45, 7) is 1.20. The first-order valence-electron chi connectivity index (χ1n) is 10.6. The topological polar surface area (TPSA) is 125 Å². The maximum absolute atomic E-state index is 13.4. The molecule has 0 spiro atoms. The van der Waals surface area contributed by atoms with Gasteiger partial charge in [0.1, 0.15) is 5.75 Å². The van der Waals surface area contributed by atoms with E-state index in [1.807, 2.05) is 6.07 Å². The van der Waals surface area contributed by atoms with Gasteiger partial charge in [-0.1, -0.05) is 48.5 Å². The van der Waals surface area contributed by atoms with Gasteiger partial charge in [-0.3, -0.25) is 4.79 Å². The van der Waals surface area contributed by atoms with Crippen LogP contribution in [0, 0.1) is 6.92 Å². The number of carbonyl (C=O) groups is 2. The number of hydrazone groups is 1. The van der Waals surface area contributed by atoms with Crippen molar-refractivity contribution in [3.8, 4) is 5.75 Å². The summed E-state index contributed by atoms with van der Waals surface area (Å²) in [6.07, 6.45) is 1.20. The monoisotopic (exact) mass is 495 g/mol. The highest BCUT2D eigenvalue weighted by Crippen LogP contribution is 2.24. The van der Waals surface area contributed by atoms with Crippen LogP contribution in [0.3, 0.4) is 0 Å². The third kappa shape index (κ3) is 6.52. The third-order valence-corrected chi connectivity index (χ3v) is 6.90. The predicted molar refractivity (Wildman–Crippen MR) is 131 cm³/mol. The lowest BCUT2D eigenvalue weighted by atomic mass is 10.1. The van der Waals surface area contributed by atoms with E-state index in [1.165, 1.54) is 37.6 Å². The van der Waals surface area contributed by atoms with Crippen molar-refractivity contribution in [2.75, 3.05) is 13.7 Å². The Bertz CT molecular complexity index is 1340. The minimum absolute atomic E-state index is 0.0219. The Morgan fingerprint density at radius 1 is 1.06 bits per heavy atom. The van der Waals surface area contributed by atoms with Crippen LogP contribution < -0.4 is 10.2 Å². The number of hydrogen-bond acceptors (Lipinski definition) is 6. The molecule has 182 valence electrons. The normalized spacial score (nSPS) is 11.5. The molecule has 1 amide bonds. The third-order valence-electron chi connectivity index (χ3n) is 5.11. The molecule has 35 heavy (non-hydrogen) atoms. The molecule has 0 aliphatic carbocycles. The SMILES string of the molecule is COc1ccc(S(=O)(=O)N(CC(=O)N/N=C/c2ccccc2C(=O)O)Cc2ccccc2)cc1C. The van der Waals surface area contributed by atoms with Gasteiger partial charge in [-0.15, -0.1) is 0 Å². The van der Waals surface area contributed by atoms with E-state index >= 15 is 0 Å². The second-order valence-corrected chi connectivity index (χ2v) is 9.51. The molecule has 0 aliphatic rings. The fourth-order valence-corrected chi connectivity index (χ4v) is 4.82. The van der Waals surface area contributed by atoms with Gasteiger partial charge in [0.25, 0.3) is 5.91 Å². The summed E-state index contributed by atoms with van der Waals surface area (Å²) >= 11 is 0. The number of nitrogens with one attached hydrogen (secondary N) is 1. The number of carbonyl (C=O) groups excluding carboxylic acids is 1. The van der Waals surface area contributed by atoms with E-state index < -0.39 is 28.4 Å². The van der Waals surface area contributed by atoms with Crippen molar-refractivity contribution >= 4 is 28.1 Å². The minimum Gasteiger partial charge on any atom is -0.496 e. The molecular weight excluding hydrogens is 470 g/mol. The summed E-state index contributed by atoms with van der Waals surface area (Å²) < 4.78 is 33.1. The van der Waals surface area contributed by atoms with Gasteiger partial charge in [-0.2, -0.15) is 9.41 Å². The average Bonchev–Trinajstić information content (AvgIpc) is 2.84. The Labute approximate surface area is 203 Å². The zero-order valence-corrected chi connectivity index (χ0v) is 20.0. The van der Waals surface area contributed by atoms with E-state index in [-0.39, 0.29) is 17.0 Å². The lowest BCUT2D eigenvalue weighted by Gasteiger charge is -2.22. The molecule has 3 rings (SSSR count). The van der Waals surface area contributed by atoms with Crippen LogP contribution >= 0.6 is 0 Å². The maximum atomic E-state index is 13.4. The minimum atomic E-state index is -4.05. The van der Waals surface area contributed by atoms with E-state index in [2.05, 4.69) is 10.5 Å². The number of nitrogens with zero attached hydrogens (tertiary/aromatic N) is 2. The van der Waals surface area contributed by atoms with Gasteiger partial charge in [0.05, 0.1) is 30.3 Å². The largest absolute Gasteiger partial charge is 0.496 e. The zero-order chi connectivity index (χ0) is 25.4. The quantitative estimate of drug-likeness (QED) is 0.329. The number of hydrogen-bond donors (Lipinski definition) is 2. The summed E-state index contributed by atoms with van der Waals surface area (Å²) in [5.41, 5.74) is 3.93. The first-order valence-corrected chi connectivity index (χ1v) is 12.0. The maximum Gasteiger partial charge on any atom is 0.336 e. The van der Waals surface area contributed by atoms with Gasteiger partial charge < -0.3 is 9.84 Å². The first-order chi connectivity index (χ1) is 16.7. The number of sulfonamides is 1. The van der Waals surface area contributed by atoms with Crippen LogP contribution in [0.4, 0.5) is 0 Å². The van der Waals surface area contributed by atoms with Crippen molar-refractivity contribution in [3.05, 3.63) is 95.1 Å². The van der Waals surface area contributed by atoms with Gasteiger partial charge in [0.2, 0.25) is 10.0 Å². The number of benzene rings is 3. The molecule has 0 fully saturated rings. The average molecular weight is 496 g/mol. The second kappa shape index (κ2) is 11.4. The van der Waals surface area contributed by atoms with E-state index in [4.69, 9.17) is 4.74 Å². The van der Waals surface area contributed by atoms with Crippen molar-refractivity contribution < 1.29 is 27.9 Å². The van der Waals surface area contributed by atoms with Gasteiger partial charge in [-0.05, 0) is 42.3 Å². The molecule has 3 aromatic carbocycles. The number of carboxylic acid groups (broad SMARTS) is 1. The van der Waals surface area contributed by atoms with Crippen LogP contribution in [0.15, 0.2) is 82.8 Å². The Hall–Kier alpha value is -4.02. The first kappa shape index (κ1) is 25.6. The predicted octanol–water partition coefficient (Wildman–Crippen LogP) is 3.04. The molecule has 0 aliphatic heterocycles. The van der Waals surface area contributed by atoms with Crippen molar-refractivity contribution in [2.24, 2.45) is 5.10 Å². The molecule has 0 heterocycles. The van der Waals surface area contributed by atoms with Crippen LogP contribution in [0.5, 0.6) is 5.75 Å². The van der Waals surface area contributed by atoms with Gasteiger partial charge >= 0.3 is 5.97 Å². The molecule has 3 aromatic rings. The van der Waals surface area contributed by atoms with E-state index in [9.17, 15) is 23.1 Å². The highest BCUT2D eigenvalue weighted by atomic mass is 32.2. The van der Waals surface area contributed by atoms with E-state index in [0.29, 0.717) is 22.4 Å². The second-order valence-electron chi connectivity index (χ2n) is 7.58. The summed E-state index contributed by atoms with van der Waals surface area (Å²) in [6, 6.07) is 19.5. The number of aryl methyl sites for hydroxylation is 1. The van der Waals surface area contributed by atoms with E-state index in [0.717, 1.165) is 4.31 Å². The Morgan fingerprint density at radius 3 is 2.40 bits per heavy atom. The number of ether oxygens (including phenoxy) is 1. The number of methoxy groups -OCH3 is 1. The van der Waals surface area contributed by atoms with Crippen molar-refractivity contribution in [1.82, 2.24) is 9.73 Å². The summed E-state index contributed by atoms with van der Waals surface area (Å²) in [7, 11) is -2.55. The molecule has 0 atom stereocenters. The number of rotatable bonds is 10. The van der Waals surface area contributed by atoms with Crippen molar-refractivity contribution in [2.45, 2.75) is 18.4 Å². The van der Waals surface area contributed by atoms with Gasteiger partial charge in [0, 0.05) is 12.1 Å².